The van der Waals surface area contributed by atoms with Crippen LogP contribution in [-0.2, 0) is 6.42 Å². The highest BCUT2D eigenvalue weighted by Gasteiger charge is 2.31. The molecule has 2 unspecified atom stereocenters. The Labute approximate surface area is 121 Å². The van der Waals surface area contributed by atoms with Crippen LogP contribution in [0.1, 0.15) is 18.4 Å². The third kappa shape index (κ3) is 2.45. The van der Waals surface area contributed by atoms with Crippen molar-refractivity contribution in [1.82, 2.24) is 9.80 Å². The van der Waals surface area contributed by atoms with Gasteiger partial charge in [-0.25, -0.2) is 0 Å². The summed E-state index contributed by atoms with van der Waals surface area (Å²) in [5.74, 6) is 0.776. The molecule has 0 bridgehead atoms. The molecule has 2 atom stereocenters. The monoisotopic (exact) mass is 271 g/mol. The van der Waals surface area contributed by atoms with Crippen LogP contribution in [0.4, 0.5) is 5.69 Å². The molecule has 2 fully saturated rings. The SMILES string of the molecule is c1ccc2c(c1)CC(CN1CCN3CCCC3C1)CN2. The van der Waals surface area contributed by atoms with Crippen molar-refractivity contribution in [3.05, 3.63) is 29.8 Å². The molecule has 0 aromatic heterocycles. The van der Waals surface area contributed by atoms with Crippen LogP contribution in [0.2, 0.25) is 0 Å². The van der Waals surface area contributed by atoms with Gasteiger partial charge in [0, 0.05) is 44.5 Å². The van der Waals surface area contributed by atoms with Crippen molar-refractivity contribution in [1.29, 1.82) is 0 Å². The van der Waals surface area contributed by atoms with Gasteiger partial charge in [0.2, 0.25) is 0 Å². The lowest BCUT2D eigenvalue weighted by atomic mass is 9.93. The number of hydrogen-bond donors (Lipinski definition) is 1. The Morgan fingerprint density at radius 3 is 3.10 bits per heavy atom. The Hall–Kier alpha value is -1.06. The summed E-state index contributed by atoms with van der Waals surface area (Å²) < 4.78 is 0. The van der Waals surface area contributed by atoms with Gasteiger partial charge >= 0.3 is 0 Å². The van der Waals surface area contributed by atoms with E-state index in [2.05, 4.69) is 39.4 Å². The van der Waals surface area contributed by atoms with E-state index in [0.29, 0.717) is 0 Å². The third-order valence-electron chi connectivity index (χ3n) is 5.30. The van der Waals surface area contributed by atoms with Gasteiger partial charge in [0.25, 0.3) is 0 Å². The number of benzene rings is 1. The minimum absolute atomic E-state index is 0.776. The van der Waals surface area contributed by atoms with Gasteiger partial charge in [-0.2, -0.15) is 0 Å². The predicted octanol–water partition coefficient (Wildman–Crippen LogP) is 2.05. The van der Waals surface area contributed by atoms with Crippen molar-refractivity contribution in [2.45, 2.75) is 25.3 Å². The molecule has 0 amide bonds. The van der Waals surface area contributed by atoms with Crippen LogP contribution in [0.5, 0.6) is 0 Å². The molecule has 108 valence electrons. The molecule has 3 aliphatic heterocycles. The Balaban J connectivity index is 1.36. The molecule has 3 aliphatic rings. The minimum Gasteiger partial charge on any atom is -0.384 e. The van der Waals surface area contributed by atoms with Gasteiger partial charge in [-0.3, -0.25) is 4.90 Å². The lowest BCUT2D eigenvalue weighted by Crippen LogP contribution is -2.51. The Kier molecular flexibility index (Phi) is 3.41. The van der Waals surface area contributed by atoms with Crippen molar-refractivity contribution in [2.24, 2.45) is 5.92 Å². The summed E-state index contributed by atoms with van der Waals surface area (Å²) in [6.45, 7) is 7.62. The number of nitrogens with one attached hydrogen (secondary N) is 1. The second kappa shape index (κ2) is 5.38. The second-order valence-corrected chi connectivity index (χ2v) is 6.70. The molecule has 0 spiro atoms. The molecule has 20 heavy (non-hydrogen) atoms. The highest BCUT2D eigenvalue weighted by Crippen LogP contribution is 2.26. The molecule has 3 heterocycles. The zero-order chi connectivity index (χ0) is 13.4. The fraction of sp³-hybridized carbons (Fsp3) is 0.647. The standard InChI is InChI=1S/C17H25N3/c1-2-6-17-15(4-1)10-14(11-18-17)12-19-8-9-20-7-3-5-16(20)13-19/h1-2,4,6,14,16,18H,3,5,7-13H2. The van der Waals surface area contributed by atoms with Gasteiger partial charge in [0.15, 0.2) is 0 Å². The van der Waals surface area contributed by atoms with Gasteiger partial charge in [-0.1, -0.05) is 18.2 Å². The van der Waals surface area contributed by atoms with Gasteiger partial charge in [-0.15, -0.1) is 0 Å². The summed E-state index contributed by atoms with van der Waals surface area (Å²) in [5, 5.41) is 3.61. The van der Waals surface area contributed by atoms with Crippen LogP contribution in [0, 0.1) is 5.92 Å². The van der Waals surface area contributed by atoms with Crippen molar-refractivity contribution >= 4 is 5.69 Å². The smallest absolute Gasteiger partial charge is 0.0372 e. The zero-order valence-electron chi connectivity index (χ0n) is 12.2. The van der Waals surface area contributed by atoms with Crippen LogP contribution in [0.15, 0.2) is 24.3 Å². The van der Waals surface area contributed by atoms with Crippen LogP contribution in [0.3, 0.4) is 0 Å². The number of nitrogens with zero attached hydrogens (tertiary/aromatic N) is 2. The quantitative estimate of drug-likeness (QED) is 0.888. The summed E-state index contributed by atoms with van der Waals surface area (Å²) in [7, 11) is 0. The molecule has 1 aromatic carbocycles. The number of rotatable bonds is 2. The van der Waals surface area contributed by atoms with Gasteiger partial charge in [0.05, 0.1) is 0 Å². The molecule has 1 aromatic rings. The first-order chi connectivity index (χ1) is 9.88. The summed E-state index contributed by atoms with van der Waals surface area (Å²) in [5.41, 5.74) is 2.85. The van der Waals surface area contributed by atoms with E-state index in [1.54, 1.807) is 0 Å². The maximum Gasteiger partial charge on any atom is 0.0372 e. The van der Waals surface area contributed by atoms with Crippen molar-refractivity contribution in [2.75, 3.05) is 44.6 Å². The highest BCUT2D eigenvalue weighted by molar-refractivity contribution is 5.53. The van der Waals surface area contributed by atoms with E-state index in [-0.39, 0.29) is 0 Å². The molecule has 1 N–H and O–H groups in total. The van der Waals surface area contributed by atoms with Crippen LogP contribution in [-0.4, -0.2) is 55.1 Å². The minimum atomic E-state index is 0.776. The molecule has 0 aliphatic carbocycles. The average molecular weight is 271 g/mol. The van der Waals surface area contributed by atoms with Gasteiger partial charge < -0.3 is 10.2 Å². The lowest BCUT2D eigenvalue weighted by molar-refractivity contribution is 0.0927. The topological polar surface area (TPSA) is 18.5 Å². The van der Waals surface area contributed by atoms with Crippen LogP contribution in [0.25, 0.3) is 0 Å². The highest BCUT2D eigenvalue weighted by atomic mass is 15.3. The molecule has 0 saturated carbocycles. The number of fused-ring (bicyclic) bond motifs is 2. The van der Waals surface area contributed by atoms with Crippen LogP contribution < -0.4 is 5.32 Å². The van der Waals surface area contributed by atoms with E-state index in [0.717, 1.165) is 18.5 Å². The molecular formula is C17H25N3. The molecule has 0 radical (unpaired) electrons. The van der Waals surface area contributed by atoms with E-state index in [1.807, 2.05) is 0 Å². The summed E-state index contributed by atoms with van der Waals surface area (Å²) in [6, 6.07) is 9.64. The first-order valence-corrected chi connectivity index (χ1v) is 8.17. The first kappa shape index (κ1) is 12.7. The van der Waals surface area contributed by atoms with Crippen LogP contribution >= 0.6 is 0 Å². The maximum atomic E-state index is 3.61. The molecular weight excluding hydrogens is 246 g/mol. The van der Waals surface area contributed by atoms with E-state index < -0.39 is 0 Å². The Bertz CT molecular complexity index is 473. The Morgan fingerprint density at radius 2 is 2.10 bits per heavy atom. The summed E-state index contributed by atoms with van der Waals surface area (Å²) in [6.07, 6.45) is 4.08. The predicted molar refractivity (Wildman–Crippen MR) is 83.2 cm³/mol. The van der Waals surface area contributed by atoms with Crippen molar-refractivity contribution in [3.63, 3.8) is 0 Å². The Morgan fingerprint density at radius 1 is 1.15 bits per heavy atom. The first-order valence-electron chi connectivity index (χ1n) is 8.17. The van der Waals surface area contributed by atoms with Gasteiger partial charge in [0.1, 0.15) is 0 Å². The van der Waals surface area contributed by atoms with Crippen molar-refractivity contribution in [3.8, 4) is 0 Å². The third-order valence-corrected chi connectivity index (χ3v) is 5.30. The maximum absolute atomic E-state index is 3.61. The fourth-order valence-corrected chi connectivity index (χ4v) is 4.22. The molecule has 2 saturated heterocycles. The average Bonchev–Trinajstić information content (AvgIpc) is 2.95. The van der Waals surface area contributed by atoms with Crippen molar-refractivity contribution < 1.29 is 0 Å². The normalized spacial score (nSPS) is 30.6. The fourth-order valence-electron chi connectivity index (χ4n) is 4.22. The van der Waals surface area contributed by atoms with E-state index in [4.69, 9.17) is 0 Å². The lowest BCUT2D eigenvalue weighted by Gasteiger charge is -2.39. The number of para-hydroxylation sites is 1. The van der Waals surface area contributed by atoms with Gasteiger partial charge in [-0.05, 0) is 43.4 Å². The summed E-state index contributed by atoms with van der Waals surface area (Å²) >= 11 is 0. The number of hydrogen-bond acceptors (Lipinski definition) is 3. The van der Waals surface area contributed by atoms with E-state index in [1.165, 1.54) is 63.2 Å². The largest absolute Gasteiger partial charge is 0.384 e. The summed E-state index contributed by atoms with van der Waals surface area (Å²) in [4.78, 5) is 5.41. The van der Waals surface area contributed by atoms with E-state index in [9.17, 15) is 0 Å². The molecule has 3 heteroatoms. The number of anilines is 1. The second-order valence-electron chi connectivity index (χ2n) is 6.70. The molecule has 3 nitrogen and oxygen atoms in total. The number of piperazine rings is 1. The zero-order valence-corrected chi connectivity index (χ0v) is 12.2. The van der Waals surface area contributed by atoms with E-state index >= 15 is 0 Å². The molecule has 4 rings (SSSR count).